The van der Waals surface area contributed by atoms with E-state index in [1.165, 1.54) is 89.4 Å². The Bertz CT molecular complexity index is 2700. The highest BCUT2D eigenvalue weighted by Crippen LogP contribution is 2.50. The lowest BCUT2D eigenvalue weighted by Gasteiger charge is -2.12. The molecule has 0 atom stereocenters. The van der Waals surface area contributed by atoms with Crippen molar-refractivity contribution in [2.45, 2.75) is 0 Å². The number of nitrogens with zero attached hydrogens (tertiary/aromatic N) is 1. The summed E-state index contributed by atoms with van der Waals surface area (Å²) >= 11 is 3.83. The summed E-state index contributed by atoms with van der Waals surface area (Å²) in [5.41, 5.74) is 3.86. The standard InChI is InChI=1S/C38H21NS2/c1-2-11-23-22(10-1)20-21-29-33-25-13-3-4-14-26(25)34-28-15-6-8-19-32(28)41-38(34)36(33)39(35(23)29)30-17-9-16-27-24-12-5-7-18-31(24)40-37(27)30/h1-21H. The predicted molar refractivity (Wildman–Crippen MR) is 182 cm³/mol. The second kappa shape index (κ2) is 7.94. The van der Waals surface area contributed by atoms with E-state index < -0.39 is 0 Å². The van der Waals surface area contributed by atoms with E-state index in [-0.39, 0.29) is 0 Å². The van der Waals surface area contributed by atoms with Crippen LogP contribution in [0.15, 0.2) is 127 Å². The maximum Gasteiger partial charge on any atom is 0.0727 e. The van der Waals surface area contributed by atoms with Gasteiger partial charge in [-0.2, -0.15) is 0 Å². The van der Waals surface area contributed by atoms with Crippen LogP contribution in [-0.2, 0) is 0 Å². The summed E-state index contributed by atoms with van der Waals surface area (Å²) in [6.07, 6.45) is 0. The van der Waals surface area contributed by atoms with Crippen LogP contribution >= 0.6 is 22.7 Å². The summed E-state index contributed by atoms with van der Waals surface area (Å²) in [6.45, 7) is 0. The topological polar surface area (TPSA) is 4.93 Å². The van der Waals surface area contributed by atoms with Gasteiger partial charge in [-0.25, -0.2) is 0 Å². The number of benzene rings is 7. The molecule has 0 amide bonds. The fourth-order valence-corrected chi connectivity index (χ4v) is 9.55. The normalized spacial score (nSPS) is 12.4. The summed E-state index contributed by atoms with van der Waals surface area (Å²) < 4.78 is 7.97. The fraction of sp³-hybridized carbons (Fsp3) is 0. The van der Waals surface area contributed by atoms with E-state index in [9.17, 15) is 0 Å². The number of hydrogen-bond acceptors (Lipinski definition) is 2. The van der Waals surface area contributed by atoms with Crippen LogP contribution < -0.4 is 0 Å². The Morgan fingerprint density at radius 3 is 1.80 bits per heavy atom. The number of aromatic nitrogens is 1. The van der Waals surface area contributed by atoms with Gasteiger partial charge in [0, 0.05) is 47.1 Å². The zero-order chi connectivity index (χ0) is 26.7. The number of rotatable bonds is 1. The van der Waals surface area contributed by atoms with Crippen molar-refractivity contribution in [3.8, 4) is 5.69 Å². The third-order valence-electron chi connectivity index (χ3n) is 8.75. The lowest BCUT2D eigenvalue weighted by atomic mass is 9.98. The molecule has 7 aromatic carbocycles. The second-order valence-electron chi connectivity index (χ2n) is 10.8. The largest absolute Gasteiger partial charge is 0.306 e. The van der Waals surface area contributed by atoms with E-state index in [4.69, 9.17) is 0 Å². The van der Waals surface area contributed by atoms with Gasteiger partial charge < -0.3 is 4.57 Å². The quantitative estimate of drug-likeness (QED) is 0.190. The van der Waals surface area contributed by atoms with E-state index >= 15 is 0 Å². The molecule has 0 aliphatic carbocycles. The molecule has 0 saturated heterocycles. The molecule has 3 heteroatoms. The molecule has 0 radical (unpaired) electrons. The molecule has 3 aromatic heterocycles. The Kier molecular flexibility index (Phi) is 4.27. The average molecular weight is 556 g/mol. The van der Waals surface area contributed by atoms with Crippen molar-refractivity contribution in [1.29, 1.82) is 0 Å². The first-order chi connectivity index (χ1) is 20.4. The lowest BCUT2D eigenvalue weighted by Crippen LogP contribution is -1.95. The Hall–Kier alpha value is -4.70. The molecule has 10 rings (SSSR count). The number of thiophene rings is 2. The van der Waals surface area contributed by atoms with Gasteiger partial charge in [-0.05, 0) is 34.4 Å². The van der Waals surface area contributed by atoms with Gasteiger partial charge in [0.25, 0.3) is 0 Å². The van der Waals surface area contributed by atoms with E-state index in [0.29, 0.717) is 0 Å². The monoisotopic (exact) mass is 555 g/mol. The molecule has 0 saturated carbocycles. The summed E-state index contributed by atoms with van der Waals surface area (Å²) in [7, 11) is 0. The van der Waals surface area contributed by atoms with Gasteiger partial charge >= 0.3 is 0 Å². The van der Waals surface area contributed by atoms with Crippen LogP contribution in [0.3, 0.4) is 0 Å². The van der Waals surface area contributed by atoms with Crippen LogP contribution in [0.2, 0.25) is 0 Å². The molecule has 0 spiro atoms. The lowest BCUT2D eigenvalue weighted by molar-refractivity contribution is 1.22. The minimum Gasteiger partial charge on any atom is -0.306 e. The van der Waals surface area contributed by atoms with Gasteiger partial charge in [-0.15, -0.1) is 22.7 Å². The first-order valence-electron chi connectivity index (χ1n) is 14.0. The third kappa shape index (κ3) is 2.80. The van der Waals surface area contributed by atoms with Crippen molar-refractivity contribution in [3.63, 3.8) is 0 Å². The van der Waals surface area contributed by atoms with Gasteiger partial charge in [0.15, 0.2) is 0 Å². The van der Waals surface area contributed by atoms with Crippen LogP contribution in [0, 0.1) is 0 Å². The van der Waals surface area contributed by atoms with E-state index in [0.717, 1.165) is 0 Å². The third-order valence-corrected chi connectivity index (χ3v) is 11.1. The Labute approximate surface area is 243 Å². The molecular weight excluding hydrogens is 535 g/mol. The zero-order valence-corrected chi connectivity index (χ0v) is 23.5. The Morgan fingerprint density at radius 1 is 0.366 bits per heavy atom. The van der Waals surface area contributed by atoms with Crippen molar-refractivity contribution in [2.24, 2.45) is 0 Å². The fourth-order valence-electron chi connectivity index (χ4n) is 7.08. The van der Waals surface area contributed by atoms with E-state index in [1.54, 1.807) is 0 Å². The van der Waals surface area contributed by atoms with Crippen LogP contribution in [0.5, 0.6) is 0 Å². The van der Waals surface area contributed by atoms with Gasteiger partial charge in [0.05, 0.1) is 26.1 Å². The molecule has 3 heterocycles. The van der Waals surface area contributed by atoms with Crippen molar-refractivity contribution < 1.29 is 0 Å². The van der Waals surface area contributed by atoms with Crippen LogP contribution in [0.25, 0.3) is 89.4 Å². The van der Waals surface area contributed by atoms with Crippen LogP contribution in [-0.4, -0.2) is 4.57 Å². The predicted octanol–water partition coefficient (Wildman–Crippen LogP) is 11.8. The van der Waals surface area contributed by atoms with Crippen molar-refractivity contribution in [3.05, 3.63) is 127 Å². The average Bonchev–Trinajstić information content (AvgIpc) is 3.71. The molecule has 10 aromatic rings. The minimum atomic E-state index is 1.26. The smallest absolute Gasteiger partial charge is 0.0727 e. The highest BCUT2D eigenvalue weighted by molar-refractivity contribution is 7.27. The maximum absolute atomic E-state index is 2.61. The first kappa shape index (κ1) is 22.0. The summed E-state index contributed by atoms with van der Waals surface area (Å²) in [6, 6.07) is 47.1. The van der Waals surface area contributed by atoms with Crippen LogP contribution in [0.4, 0.5) is 0 Å². The molecule has 1 nitrogen and oxygen atoms in total. The van der Waals surface area contributed by atoms with E-state index in [1.807, 2.05) is 22.7 Å². The molecule has 0 N–H and O–H groups in total. The number of fused-ring (bicyclic) bond motifs is 15. The number of hydrogen-bond donors (Lipinski definition) is 0. The highest BCUT2D eigenvalue weighted by Gasteiger charge is 2.24. The molecule has 0 unspecified atom stereocenters. The van der Waals surface area contributed by atoms with Gasteiger partial charge in [-0.1, -0.05) is 109 Å². The molecule has 0 bridgehead atoms. The van der Waals surface area contributed by atoms with E-state index in [2.05, 4.69) is 132 Å². The van der Waals surface area contributed by atoms with Gasteiger partial charge in [0.1, 0.15) is 0 Å². The molecule has 0 aliphatic heterocycles. The molecule has 41 heavy (non-hydrogen) atoms. The molecular formula is C38H21NS2. The first-order valence-corrected chi connectivity index (χ1v) is 15.6. The second-order valence-corrected chi connectivity index (χ2v) is 12.9. The maximum atomic E-state index is 2.61. The summed E-state index contributed by atoms with van der Waals surface area (Å²) in [5.74, 6) is 0. The highest BCUT2D eigenvalue weighted by atomic mass is 32.1. The zero-order valence-electron chi connectivity index (χ0n) is 21.9. The van der Waals surface area contributed by atoms with Gasteiger partial charge in [-0.3, -0.25) is 0 Å². The summed E-state index contributed by atoms with van der Waals surface area (Å²) in [4.78, 5) is 0. The van der Waals surface area contributed by atoms with Crippen molar-refractivity contribution in [2.75, 3.05) is 0 Å². The Balaban J connectivity index is 1.56. The molecule has 190 valence electrons. The molecule has 0 fully saturated rings. The summed E-state index contributed by atoms with van der Waals surface area (Å²) in [5, 5.41) is 13.2. The minimum absolute atomic E-state index is 1.26. The van der Waals surface area contributed by atoms with Crippen molar-refractivity contribution >= 4 is 106 Å². The van der Waals surface area contributed by atoms with Gasteiger partial charge in [0.2, 0.25) is 0 Å². The molecule has 0 aliphatic rings. The van der Waals surface area contributed by atoms with Crippen molar-refractivity contribution in [1.82, 2.24) is 4.57 Å². The van der Waals surface area contributed by atoms with Crippen LogP contribution in [0.1, 0.15) is 0 Å². The SMILES string of the molecule is c1ccc2c(c1)ccc1c3c4ccccc4c4c5ccccc5sc4c3n(-c3cccc4c3sc3ccccc34)c21. The Morgan fingerprint density at radius 2 is 0.976 bits per heavy atom.